The molecule has 3 nitrogen and oxygen atoms in total. The summed E-state index contributed by atoms with van der Waals surface area (Å²) in [6, 6.07) is -0.0421. The van der Waals surface area contributed by atoms with Crippen molar-refractivity contribution in [3.05, 3.63) is 10.6 Å². The van der Waals surface area contributed by atoms with Gasteiger partial charge in [-0.3, -0.25) is 0 Å². The SMILES string of the molecule is C/C(C(=O)[O-])=C(\Cl)C(C)[N+](C)(C)C. The van der Waals surface area contributed by atoms with Crippen LogP contribution in [0.25, 0.3) is 0 Å². The second-order valence-corrected chi connectivity index (χ2v) is 4.46. The van der Waals surface area contributed by atoms with Crippen molar-refractivity contribution in [2.24, 2.45) is 0 Å². The van der Waals surface area contributed by atoms with Gasteiger partial charge in [0.15, 0.2) is 0 Å². The second-order valence-electron chi connectivity index (χ2n) is 4.05. The Kier molecular flexibility index (Phi) is 3.94. The Labute approximate surface area is 84.2 Å². The van der Waals surface area contributed by atoms with Crippen molar-refractivity contribution < 1.29 is 14.4 Å². The summed E-state index contributed by atoms with van der Waals surface area (Å²) in [7, 11) is 5.86. The van der Waals surface area contributed by atoms with Crippen molar-refractivity contribution in [1.29, 1.82) is 0 Å². The van der Waals surface area contributed by atoms with Gasteiger partial charge in [-0.05, 0) is 19.4 Å². The third-order valence-electron chi connectivity index (χ3n) is 2.19. The van der Waals surface area contributed by atoms with Crippen molar-refractivity contribution in [1.82, 2.24) is 0 Å². The number of halogens is 1. The minimum absolute atomic E-state index is 0.0421. The average Bonchev–Trinajstić information content (AvgIpc) is 1.98. The van der Waals surface area contributed by atoms with E-state index in [4.69, 9.17) is 11.6 Å². The summed E-state index contributed by atoms with van der Waals surface area (Å²) in [6.45, 7) is 3.35. The lowest BCUT2D eigenvalue weighted by Gasteiger charge is -2.32. The number of carboxylic acid groups (broad SMARTS) is 1. The van der Waals surface area contributed by atoms with E-state index in [0.29, 0.717) is 9.52 Å². The molecule has 0 saturated heterocycles. The van der Waals surface area contributed by atoms with Gasteiger partial charge < -0.3 is 14.4 Å². The summed E-state index contributed by atoms with van der Waals surface area (Å²) in [5.41, 5.74) is 0.113. The number of nitrogens with zero attached hydrogens (tertiary/aromatic N) is 1. The predicted octanol–water partition coefficient (Wildman–Crippen LogP) is 0.344. The van der Waals surface area contributed by atoms with Crippen LogP contribution in [0.15, 0.2) is 10.6 Å². The molecule has 0 N–H and O–H groups in total. The van der Waals surface area contributed by atoms with Crippen LogP contribution in [0.1, 0.15) is 13.8 Å². The van der Waals surface area contributed by atoms with Crippen LogP contribution in [-0.4, -0.2) is 37.6 Å². The quantitative estimate of drug-likeness (QED) is 0.493. The molecule has 1 unspecified atom stereocenters. The minimum atomic E-state index is -1.20. The van der Waals surface area contributed by atoms with E-state index in [2.05, 4.69) is 0 Å². The Morgan fingerprint density at radius 1 is 1.38 bits per heavy atom. The molecule has 0 saturated carbocycles. The first-order chi connectivity index (χ1) is 5.68. The number of carbonyl (C=O) groups excluding carboxylic acids is 1. The van der Waals surface area contributed by atoms with Crippen LogP contribution in [0.4, 0.5) is 0 Å². The highest BCUT2D eigenvalue weighted by Gasteiger charge is 2.23. The number of quaternary nitrogens is 1. The topological polar surface area (TPSA) is 40.1 Å². The third-order valence-corrected chi connectivity index (χ3v) is 2.79. The molecule has 76 valence electrons. The Hall–Kier alpha value is -0.540. The van der Waals surface area contributed by atoms with Crippen molar-refractivity contribution in [3.8, 4) is 0 Å². The smallest absolute Gasteiger partial charge is 0.122 e. The first-order valence-electron chi connectivity index (χ1n) is 4.06. The summed E-state index contributed by atoms with van der Waals surface area (Å²) < 4.78 is 0.587. The van der Waals surface area contributed by atoms with E-state index in [-0.39, 0.29) is 11.6 Å². The average molecular weight is 206 g/mol. The van der Waals surface area contributed by atoms with Crippen LogP contribution in [-0.2, 0) is 4.79 Å². The first kappa shape index (κ1) is 12.5. The molecule has 0 aliphatic heterocycles. The maximum atomic E-state index is 10.5. The first-order valence-corrected chi connectivity index (χ1v) is 4.44. The molecule has 0 rings (SSSR count). The molecule has 0 aliphatic carbocycles. The summed E-state index contributed by atoms with van der Waals surface area (Å²) in [5, 5.41) is 10.9. The maximum absolute atomic E-state index is 10.5. The fraction of sp³-hybridized carbons (Fsp3) is 0.667. The molecule has 0 aromatic heterocycles. The summed E-state index contributed by atoms with van der Waals surface area (Å²) in [6.07, 6.45) is 0. The molecule has 0 aliphatic rings. The zero-order chi connectivity index (χ0) is 10.8. The number of hydrogen-bond donors (Lipinski definition) is 0. The summed E-state index contributed by atoms with van der Waals surface area (Å²) >= 11 is 5.90. The maximum Gasteiger partial charge on any atom is 0.122 e. The second kappa shape index (κ2) is 4.11. The predicted molar refractivity (Wildman–Crippen MR) is 51.1 cm³/mol. The fourth-order valence-corrected chi connectivity index (χ4v) is 1.12. The van der Waals surface area contributed by atoms with Crippen molar-refractivity contribution in [2.45, 2.75) is 19.9 Å². The van der Waals surface area contributed by atoms with Gasteiger partial charge in [-0.25, -0.2) is 0 Å². The van der Waals surface area contributed by atoms with Crippen molar-refractivity contribution in [3.63, 3.8) is 0 Å². The summed E-state index contributed by atoms with van der Waals surface area (Å²) in [5.74, 6) is -1.20. The van der Waals surface area contributed by atoms with Gasteiger partial charge in [0.1, 0.15) is 6.04 Å². The van der Waals surface area contributed by atoms with Gasteiger partial charge in [0, 0.05) is 0 Å². The molecule has 0 heterocycles. The largest absolute Gasteiger partial charge is 0.545 e. The molecule has 0 amide bonds. The van der Waals surface area contributed by atoms with Gasteiger partial charge in [0.05, 0.1) is 32.1 Å². The Bertz CT molecular complexity index is 240. The molecular weight excluding hydrogens is 190 g/mol. The van der Waals surface area contributed by atoms with E-state index >= 15 is 0 Å². The normalized spacial score (nSPS) is 16.5. The van der Waals surface area contributed by atoms with Crippen molar-refractivity contribution >= 4 is 17.6 Å². The van der Waals surface area contributed by atoms with Crippen LogP contribution in [0.2, 0.25) is 0 Å². The number of hydrogen-bond acceptors (Lipinski definition) is 2. The number of aliphatic carboxylic acids is 1. The Balaban J connectivity index is 4.89. The van der Waals surface area contributed by atoms with Crippen molar-refractivity contribution in [2.75, 3.05) is 21.1 Å². The highest BCUT2D eigenvalue weighted by atomic mass is 35.5. The van der Waals surface area contributed by atoms with Gasteiger partial charge in [0.2, 0.25) is 0 Å². The third kappa shape index (κ3) is 3.36. The molecule has 0 aromatic rings. The van der Waals surface area contributed by atoms with Crippen LogP contribution in [0.5, 0.6) is 0 Å². The fourth-order valence-electron chi connectivity index (χ4n) is 0.751. The number of likely N-dealkylation sites (N-methyl/N-ethyl adjacent to an activating group) is 1. The standard InChI is InChI=1S/C9H16ClNO2/c1-6(9(12)13)8(10)7(2)11(3,4)5/h7H,1-5H3/b8-6+. The van der Waals surface area contributed by atoms with Crippen LogP contribution < -0.4 is 5.11 Å². The van der Waals surface area contributed by atoms with E-state index in [1.165, 1.54) is 6.92 Å². The zero-order valence-corrected chi connectivity index (χ0v) is 9.47. The highest BCUT2D eigenvalue weighted by Crippen LogP contribution is 2.20. The van der Waals surface area contributed by atoms with Crippen LogP contribution in [0.3, 0.4) is 0 Å². The highest BCUT2D eigenvalue weighted by molar-refractivity contribution is 6.32. The molecule has 1 atom stereocenters. The monoisotopic (exact) mass is 205 g/mol. The zero-order valence-electron chi connectivity index (χ0n) is 8.72. The number of rotatable bonds is 3. The van der Waals surface area contributed by atoms with Gasteiger partial charge in [0.25, 0.3) is 0 Å². The minimum Gasteiger partial charge on any atom is -0.545 e. The van der Waals surface area contributed by atoms with Gasteiger partial charge in [-0.1, -0.05) is 11.6 Å². The van der Waals surface area contributed by atoms with Crippen LogP contribution >= 0.6 is 11.6 Å². The lowest BCUT2D eigenvalue weighted by atomic mass is 10.1. The lowest BCUT2D eigenvalue weighted by Crippen LogP contribution is -2.44. The van der Waals surface area contributed by atoms with Crippen LogP contribution in [0, 0.1) is 0 Å². The molecule has 13 heavy (non-hydrogen) atoms. The Morgan fingerprint density at radius 2 is 1.77 bits per heavy atom. The van der Waals surface area contributed by atoms with Gasteiger partial charge >= 0.3 is 0 Å². The molecule has 0 radical (unpaired) electrons. The van der Waals surface area contributed by atoms with E-state index < -0.39 is 5.97 Å². The molecule has 0 bridgehead atoms. The van der Waals surface area contributed by atoms with E-state index in [1.807, 2.05) is 28.1 Å². The number of carboxylic acids is 1. The van der Waals surface area contributed by atoms with E-state index in [9.17, 15) is 9.90 Å². The molecular formula is C9H16ClNO2. The molecule has 0 aromatic carbocycles. The Morgan fingerprint density at radius 3 is 2.00 bits per heavy atom. The summed E-state index contributed by atoms with van der Waals surface area (Å²) in [4.78, 5) is 10.5. The lowest BCUT2D eigenvalue weighted by molar-refractivity contribution is -0.887. The van der Waals surface area contributed by atoms with E-state index in [1.54, 1.807) is 0 Å². The molecule has 4 heteroatoms. The molecule has 0 spiro atoms. The van der Waals surface area contributed by atoms with E-state index in [0.717, 1.165) is 0 Å². The van der Waals surface area contributed by atoms with Gasteiger partial charge in [-0.15, -0.1) is 0 Å². The number of carbonyl (C=O) groups is 1. The molecule has 0 fully saturated rings. The van der Waals surface area contributed by atoms with Gasteiger partial charge in [-0.2, -0.15) is 0 Å².